The Morgan fingerprint density at radius 1 is 1.23 bits per heavy atom. The van der Waals surface area contributed by atoms with E-state index in [4.69, 9.17) is 9.47 Å². The number of esters is 1. The van der Waals surface area contributed by atoms with Gasteiger partial charge in [0.2, 0.25) is 17.7 Å². The monoisotopic (exact) mass is 595 g/mol. The van der Waals surface area contributed by atoms with Crippen molar-refractivity contribution in [3.63, 3.8) is 0 Å². The first-order chi connectivity index (χ1) is 20.5. The molecule has 10 heteroatoms. The van der Waals surface area contributed by atoms with Crippen LogP contribution in [0.3, 0.4) is 0 Å². The van der Waals surface area contributed by atoms with Crippen LogP contribution in [0.1, 0.15) is 64.5 Å². The number of amides is 3. The number of hydrogen-bond donors (Lipinski definition) is 2. The first-order valence-electron chi connectivity index (χ1n) is 15.1. The number of aliphatic hydroxyl groups is 1. The van der Waals surface area contributed by atoms with Gasteiger partial charge in [-0.3, -0.25) is 19.2 Å². The van der Waals surface area contributed by atoms with Crippen LogP contribution in [-0.4, -0.2) is 88.2 Å². The van der Waals surface area contributed by atoms with Gasteiger partial charge < -0.3 is 29.7 Å². The minimum Gasteiger partial charge on any atom is -0.463 e. The van der Waals surface area contributed by atoms with Crippen LogP contribution in [0, 0.1) is 11.8 Å². The number of carbonyl (C=O) groups is 4. The fraction of sp³-hybridized carbons (Fsp3) is 0.576. The van der Waals surface area contributed by atoms with E-state index in [1.54, 1.807) is 17.1 Å². The van der Waals surface area contributed by atoms with Crippen LogP contribution < -0.4 is 5.32 Å². The van der Waals surface area contributed by atoms with E-state index >= 15 is 0 Å². The lowest BCUT2D eigenvalue weighted by molar-refractivity contribution is -0.151. The third-order valence-corrected chi connectivity index (χ3v) is 8.76. The second kappa shape index (κ2) is 13.4. The summed E-state index contributed by atoms with van der Waals surface area (Å²) < 4.78 is 12.0. The van der Waals surface area contributed by atoms with E-state index in [0.29, 0.717) is 32.2 Å². The molecule has 0 unspecified atom stereocenters. The maximum Gasteiger partial charge on any atom is 0.306 e. The van der Waals surface area contributed by atoms with Crippen molar-refractivity contribution in [3.05, 3.63) is 61.2 Å². The highest BCUT2D eigenvalue weighted by atomic mass is 16.5. The van der Waals surface area contributed by atoms with Crippen molar-refractivity contribution >= 4 is 23.7 Å². The SMILES string of the molecule is C=CCCC(=O)OC[C@H](NC(=O)[C@@H]1[C@@H]2CC[C@]3(O2)[C@H](C(=O)N(CC=C)C(C)(C)C)N(CCCO)C(=O)[C@@H]13)c1ccccc1. The van der Waals surface area contributed by atoms with Gasteiger partial charge in [-0.25, -0.2) is 0 Å². The van der Waals surface area contributed by atoms with Gasteiger partial charge in [0.25, 0.3) is 0 Å². The van der Waals surface area contributed by atoms with Gasteiger partial charge >= 0.3 is 5.97 Å². The number of fused-ring (bicyclic) bond motifs is 1. The largest absolute Gasteiger partial charge is 0.463 e. The van der Waals surface area contributed by atoms with Gasteiger partial charge in [-0.2, -0.15) is 0 Å². The summed E-state index contributed by atoms with van der Waals surface area (Å²) in [5.74, 6) is -3.01. The molecule has 2 N–H and O–H groups in total. The molecule has 0 saturated carbocycles. The number of nitrogens with one attached hydrogen (secondary N) is 1. The molecule has 3 fully saturated rings. The molecule has 1 aromatic rings. The fourth-order valence-corrected chi connectivity index (χ4v) is 6.83. The highest BCUT2D eigenvalue weighted by Gasteiger charge is 2.74. The maximum atomic E-state index is 14.3. The highest BCUT2D eigenvalue weighted by molar-refractivity contribution is 5.99. The van der Waals surface area contributed by atoms with Gasteiger partial charge in [-0.1, -0.05) is 42.5 Å². The Bertz CT molecular complexity index is 1210. The fourth-order valence-electron chi connectivity index (χ4n) is 6.83. The molecule has 0 aromatic heterocycles. The highest BCUT2D eigenvalue weighted by Crippen LogP contribution is 2.58. The van der Waals surface area contributed by atoms with Crippen molar-refractivity contribution in [1.29, 1.82) is 0 Å². The number of carbonyl (C=O) groups excluding carboxylic acids is 4. The third kappa shape index (κ3) is 6.40. The first kappa shape index (κ1) is 32.4. The zero-order valence-electron chi connectivity index (χ0n) is 25.5. The van der Waals surface area contributed by atoms with Crippen LogP contribution in [0.15, 0.2) is 55.6 Å². The van der Waals surface area contributed by atoms with Gasteiger partial charge in [-0.15, -0.1) is 13.2 Å². The minimum absolute atomic E-state index is 0.0699. The van der Waals surface area contributed by atoms with Crippen LogP contribution in [0.2, 0.25) is 0 Å². The van der Waals surface area contributed by atoms with Gasteiger partial charge in [-0.05, 0) is 52.0 Å². The number of allylic oxidation sites excluding steroid dienone is 1. The second-order valence-corrected chi connectivity index (χ2v) is 12.6. The first-order valence-corrected chi connectivity index (χ1v) is 15.1. The molecule has 3 saturated heterocycles. The van der Waals surface area contributed by atoms with E-state index in [1.165, 1.54) is 4.90 Å². The Morgan fingerprint density at radius 2 is 1.95 bits per heavy atom. The molecule has 1 aromatic carbocycles. The molecule has 6 atom stereocenters. The number of ether oxygens (including phenoxy) is 2. The summed E-state index contributed by atoms with van der Waals surface area (Å²) in [5, 5.41) is 12.6. The standard InChI is InChI=1S/C33H45N3O7/c1-6-8-15-25(38)42-21-23(22-13-10-9-11-14-22)34-29(39)26-24-16-17-33(43-24)27(26)30(40)35(19-12-20-37)28(33)31(41)36(18-7-2)32(3,4)5/h6-7,9-11,13-14,23-24,26-28,37H,1-2,8,12,15-21H2,3-5H3,(H,34,39)/t23-,24-,26+,27+,28-,33+/m0/s1. The average molecular weight is 596 g/mol. The van der Waals surface area contributed by atoms with Crippen molar-refractivity contribution in [2.45, 2.75) is 82.2 Å². The lowest BCUT2D eigenvalue weighted by Crippen LogP contribution is -2.60. The van der Waals surface area contributed by atoms with Gasteiger partial charge in [0.15, 0.2) is 0 Å². The minimum atomic E-state index is -1.15. The molecular weight excluding hydrogens is 550 g/mol. The molecular formula is C33H45N3O7. The van der Waals surface area contributed by atoms with Crippen LogP contribution in [0.25, 0.3) is 0 Å². The summed E-state index contributed by atoms with van der Waals surface area (Å²) >= 11 is 0. The number of aliphatic hydroxyl groups excluding tert-OH is 1. The summed E-state index contributed by atoms with van der Waals surface area (Å²) in [6, 6.07) is 7.65. The molecule has 10 nitrogen and oxygen atoms in total. The Hall–Kier alpha value is -3.50. The molecule has 3 amide bonds. The van der Waals surface area contributed by atoms with Gasteiger partial charge in [0.1, 0.15) is 18.2 Å². The average Bonchev–Trinajstić information content (AvgIpc) is 3.62. The summed E-state index contributed by atoms with van der Waals surface area (Å²) in [5.41, 5.74) is -0.947. The molecule has 3 heterocycles. The molecule has 0 radical (unpaired) electrons. The zero-order chi connectivity index (χ0) is 31.4. The molecule has 234 valence electrons. The quantitative estimate of drug-likeness (QED) is 0.250. The Balaban J connectivity index is 1.63. The predicted octanol–water partition coefficient (Wildman–Crippen LogP) is 2.92. The topological polar surface area (TPSA) is 125 Å². The maximum absolute atomic E-state index is 14.3. The Morgan fingerprint density at radius 3 is 2.58 bits per heavy atom. The lowest BCUT2D eigenvalue weighted by Gasteiger charge is -2.42. The predicted molar refractivity (Wildman–Crippen MR) is 160 cm³/mol. The number of rotatable bonds is 14. The number of benzene rings is 1. The van der Waals surface area contributed by atoms with E-state index in [9.17, 15) is 24.3 Å². The molecule has 2 bridgehead atoms. The molecule has 0 aliphatic carbocycles. The van der Waals surface area contributed by atoms with Gasteiger partial charge in [0.05, 0.1) is 24.0 Å². The van der Waals surface area contributed by atoms with Crippen molar-refractivity contribution in [3.8, 4) is 0 Å². The molecule has 3 aliphatic heterocycles. The summed E-state index contributed by atoms with van der Waals surface area (Å²) in [6.45, 7) is 13.5. The van der Waals surface area contributed by atoms with Crippen molar-refractivity contribution in [2.24, 2.45) is 11.8 Å². The van der Waals surface area contributed by atoms with Crippen LogP contribution in [0.4, 0.5) is 0 Å². The Labute approximate surface area is 254 Å². The number of hydrogen-bond acceptors (Lipinski definition) is 7. The molecule has 4 rings (SSSR count). The van der Waals surface area contributed by atoms with E-state index in [1.807, 2.05) is 51.1 Å². The zero-order valence-corrected chi connectivity index (χ0v) is 25.5. The van der Waals surface area contributed by atoms with Crippen molar-refractivity contribution in [1.82, 2.24) is 15.1 Å². The van der Waals surface area contributed by atoms with Crippen LogP contribution in [0.5, 0.6) is 0 Å². The van der Waals surface area contributed by atoms with Crippen molar-refractivity contribution < 1.29 is 33.8 Å². The normalized spacial score (nSPS) is 26.5. The third-order valence-electron chi connectivity index (χ3n) is 8.76. The smallest absolute Gasteiger partial charge is 0.306 e. The van der Waals surface area contributed by atoms with E-state index in [-0.39, 0.29) is 43.9 Å². The van der Waals surface area contributed by atoms with E-state index in [2.05, 4.69) is 18.5 Å². The summed E-state index contributed by atoms with van der Waals surface area (Å²) in [7, 11) is 0. The van der Waals surface area contributed by atoms with Gasteiger partial charge in [0, 0.05) is 31.7 Å². The Kier molecular flexibility index (Phi) is 10.1. The van der Waals surface area contributed by atoms with Crippen LogP contribution in [-0.2, 0) is 28.7 Å². The summed E-state index contributed by atoms with van der Waals surface area (Å²) in [4.78, 5) is 57.9. The number of likely N-dealkylation sites (tertiary alicyclic amines) is 1. The molecule has 43 heavy (non-hydrogen) atoms. The second-order valence-electron chi connectivity index (χ2n) is 12.6. The molecule has 1 spiro atoms. The lowest BCUT2D eigenvalue weighted by atomic mass is 9.70. The van der Waals surface area contributed by atoms with E-state index in [0.717, 1.165) is 5.56 Å². The van der Waals surface area contributed by atoms with Crippen molar-refractivity contribution in [2.75, 3.05) is 26.3 Å². The summed E-state index contributed by atoms with van der Waals surface area (Å²) in [6.07, 6.45) is 4.74. The molecule has 3 aliphatic rings. The van der Waals surface area contributed by atoms with Crippen LogP contribution >= 0.6 is 0 Å². The number of nitrogens with zero attached hydrogens (tertiary/aromatic N) is 2. The van der Waals surface area contributed by atoms with E-state index < -0.39 is 47.1 Å².